The third-order valence-electron chi connectivity index (χ3n) is 10.6. The highest BCUT2D eigenvalue weighted by atomic mass is 16.5. The second-order valence-corrected chi connectivity index (χ2v) is 13.0. The van der Waals surface area contributed by atoms with Crippen LogP contribution in [0.25, 0.3) is 11.2 Å². The molecule has 0 amide bonds. The van der Waals surface area contributed by atoms with Crippen molar-refractivity contribution in [3.8, 4) is 5.75 Å². The summed E-state index contributed by atoms with van der Waals surface area (Å²) in [5.74, 6) is 0.494. The minimum Gasteiger partial charge on any atom is -0.508 e. The molecule has 5 N–H and O–H groups in total. The van der Waals surface area contributed by atoms with Gasteiger partial charge in [0.1, 0.15) is 17.1 Å². The van der Waals surface area contributed by atoms with E-state index in [1.54, 1.807) is 19.2 Å². The van der Waals surface area contributed by atoms with Gasteiger partial charge >= 0.3 is 0 Å². The Morgan fingerprint density at radius 1 is 1.07 bits per heavy atom. The molecular weight excluding hydrogens is 580 g/mol. The van der Waals surface area contributed by atoms with E-state index in [0.29, 0.717) is 30.1 Å². The Bertz CT molecular complexity index is 1780. The number of aromatic hydroxyl groups is 1. The highest BCUT2D eigenvalue weighted by Crippen LogP contribution is 2.56. The van der Waals surface area contributed by atoms with Gasteiger partial charge in [0.15, 0.2) is 5.65 Å². The monoisotopic (exact) mass is 622 g/mol. The van der Waals surface area contributed by atoms with Gasteiger partial charge in [-0.2, -0.15) is 5.10 Å². The molecule has 0 radical (unpaired) electrons. The van der Waals surface area contributed by atoms with Crippen LogP contribution in [0.2, 0.25) is 0 Å². The average Bonchev–Trinajstić information content (AvgIpc) is 3.73. The number of hydrogen-bond acceptors (Lipinski definition) is 9. The van der Waals surface area contributed by atoms with Crippen LogP contribution in [-0.2, 0) is 16.7 Å². The van der Waals surface area contributed by atoms with Crippen LogP contribution >= 0.6 is 0 Å². The number of anilines is 1. The number of aliphatic hydroxyl groups excluding tert-OH is 1. The predicted molar refractivity (Wildman–Crippen MR) is 175 cm³/mol. The Morgan fingerprint density at radius 3 is 2.65 bits per heavy atom. The number of pyridine rings is 1. The number of fused-ring (bicyclic) bond motifs is 4. The van der Waals surface area contributed by atoms with Crippen LogP contribution in [0.4, 0.5) is 5.82 Å². The van der Waals surface area contributed by atoms with Crippen molar-refractivity contribution in [2.45, 2.75) is 68.0 Å². The Labute approximate surface area is 268 Å². The number of aromatic nitrogens is 6. The summed E-state index contributed by atoms with van der Waals surface area (Å²) in [5.41, 5.74) is 11.3. The van der Waals surface area contributed by atoms with Gasteiger partial charge in [0.05, 0.1) is 24.9 Å². The highest BCUT2D eigenvalue weighted by molar-refractivity contribution is 5.77. The van der Waals surface area contributed by atoms with Gasteiger partial charge in [-0.3, -0.25) is 9.58 Å². The maximum absolute atomic E-state index is 11.7. The molecular formula is C35H42N8O3. The van der Waals surface area contributed by atoms with Crippen molar-refractivity contribution in [1.82, 2.24) is 35.1 Å². The summed E-state index contributed by atoms with van der Waals surface area (Å²) in [7, 11) is 1.75. The third kappa shape index (κ3) is 5.63. The zero-order valence-corrected chi connectivity index (χ0v) is 26.2. The van der Waals surface area contributed by atoms with E-state index in [1.165, 1.54) is 5.56 Å². The van der Waals surface area contributed by atoms with Crippen LogP contribution in [0.5, 0.6) is 5.75 Å². The number of methoxy groups -OCH3 is 1. The van der Waals surface area contributed by atoms with Crippen molar-refractivity contribution in [3.05, 3.63) is 95.3 Å². The quantitative estimate of drug-likeness (QED) is 0.159. The molecule has 0 spiro atoms. The van der Waals surface area contributed by atoms with Gasteiger partial charge < -0.3 is 20.7 Å². The maximum Gasteiger partial charge on any atom is 0.178 e. The molecule has 240 valence electrons. The summed E-state index contributed by atoms with van der Waals surface area (Å²) in [6, 6.07) is 21.7. The van der Waals surface area contributed by atoms with Gasteiger partial charge in [0.2, 0.25) is 0 Å². The zero-order valence-electron chi connectivity index (χ0n) is 26.2. The van der Waals surface area contributed by atoms with E-state index in [9.17, 15) is 10.2 Å². The lowest BCUT2D eigenvalue weighted by molar-refractivity contribution is -0.104. The second kappa shape index (κ2) is 12.5. The molecule has 3 aliphatic rings. The van der Waals surface area contributed by atoms with E-state index < -0.39 is 6.10 Å². The van der Waals surface area contributed by atoms with Crippen LogP contribution < -0.4 is 5.73 Å². The number of hydrogen-bond donors (Lipinski definition) is 4. The number of nitrogens with zero attached hydrogens (tertiary/aromatic N) is 6. The van der Waals surface area contributed by atoms with Gasteiger partial charge in [0.25, 0.3) is 0 Å². The Morgan fingerprint density at radius 2 is 1.89 bits per heavy atom. The van der Waals surface area contributed by atoms with Gasteiger partial charge in [-0.25, -0.2) is 10.1 Å². The number of aliphatic hydroxyl groups is 1. The van der Waals surface area contributed by atoms with Crippen LogP contribution in [-0.4, -0.2) is 83.7 Å². The number of phenolic OH excluding ortho intramolecular Hbond substituents is 1. The van der Waals surface area contributed by atoms with Crippen molar-refractivity contribution in [2.24, 2.45) is 0 Å². The van der Waals surface area contributed by atoms with Crippen molar-refractivity contribution >= 4 is 17.0 Å². The van der Waals surface area contributed by atoms with Gasteiger partial charge in [-0.1, -0.05) is 47.7 Å². The van der Waals surface area contributed by atoms with Crippen molar-refractivity contribution in [3.63, 3.8) is 0 Å². The van der Waals surface area contributed by atoms with Crippen molar-refractivity contribution in [2.75, 3.05) is 32.5 Å². The van der Waals surface area contributed by atoms with E-state index in [4.69, 9.17) is 15.6 Å². The molecule has 3 aromatic heterocycles. The fourth-order valence-electron chi connectivity index (χ4n) is 8.13. The molecule has 8 rings (SSSR count). The summed E-state index contributed by atoms with van der Waals surface area (Å²) < 4.78 is 7.50. The first-order valence-corrected chi connectivity index (χ1v) is 16.2. The summed E-state index contributed by atoms with van der Waals surface area (Å²) in [6.07, 6.45) is 7.05. The molecule has 0 saturated heterocycles. The first kappa shape index (κ1) is 30.3. The minimum absolute atomic E-state index is 0.103. The Balaban J connectivity index is 1.18. The first-order valence-electron chi connectivity index (χ1n) is 16.2. The summed E-state index contributed by atoms with van der Waals surface area (Å²) in [6.45, 7) is 2.70. The first-order chi connectivity index (χ1) is 22.4. The molecule has 5 aromatic rings. The summed E-state index contributed by atoms with van der Waals surface area (Å²) in [4.78, 5) is 6.98. The average molecular weight is 623 g/mol. The number of nitrogen functional groups attached to an aromatic ring is 1. The molecule has 3 saturated carbocycles. The Kier molecular flexibility index (Phi) is 8.22. The molecule has 11 heteroatoms. The topological polar surface area (TPSA) is 151 Å². The molecule has 3 aliphatic carbocycles. The lowest BCUT2D eigenvalue weighted by Gasteiger charge is -2.60. The standard InChI is InChI=1S/C35H42N8O3/c1-46-19-18-42(34-12-14-35(15-13-34,30(45)22-34)25-7-3-2-4-8-25)16-10-27(28-21-31(36)37-33-32(28)38-41-39-33)29-11-17-43(40-29)23-24-6-5-9-26(44)20-24/h2-9,11,17,20-21,27,30,44-45H,10,12-16,18-19,22-23H2,1H3,(H3,36,37,38,39,41)/t27?,30-,34?,35?/m1/s1. The zero-order chi connectivity index (χ0) is 31.7. The van der Waals surface area contributed by atoms with Gasteiger partial charge in [-0.15, -0.1) is 5.10 Å². The molecule has 2 atom stereocenters. The second-order valence-electron chi connectivity index (χ2n) is 13.0. The number of benzene rings is 2. The maximum atomic E-state index is 11.7. The molecule has 2 bridgehead atoms. The van der Waals surface area contributed by atoms with Gasteiger partial charge in [0, 0.05) is 36.7 Å². The van der Waals surface area contributed by atoms with Crippen LogP contribution in [0.15, 0.2) is 72.9 Å². The number of H-pyrrole nitrogens is 1. The lowest BCUT2D eigenvalue weighted by atomic mass is 9.53. The van der Waals surface area contributed by atoms with E-state index in [-0.39, 0.29) is 22.6 Å². The SMILES string of the molecule is COCCN(CCC(c1ccn(Cc2cccc(O)c2)n1)c1cc(N)nc2[nH]nnc12)C12CCC(c3ccccc3)(CC1)[C@H](O)C2. The summed E-state index contributed by atoms with van der Waals surface area (Å²) in [5, 5.41) is 38.0. The number of nitrogens with one attached hydrogen (secondary N) is 1. The molecule has 3 fully saturated rings. The lowest BCUT2D eigenvalue weighted by Crippen LogP contribution is -2.64. The third-order valence-corrected chi connectivity index (χ3v) is 10.6. The smallest absolute Gasteiger partial charge is 0.178 e. The van der Waals surface area contributed by atoms with E-state index in [2.05, 4.69) is 49.6 Å². The van der Waals surface area contributed by atoms with Gasteiger partial charge in [-0.05, 0) is 86.0 Å². The summed E-state index contributed by atoms with van der Waals surface area (Å²) >= 11 is 0. The fourth-order valence-corrected chi connectivity index (χ4v) is 8.13. The highest BCUT2D eigenvalue weighted by Gasteiger charge is 2.56. The normalized spacial score (nSPS) is 23.3. The minimum atomic E-state index is -0.402. The fraction of sp³-hybridized carbons (Fsp3) is 0.429. The number of rotatable bonds is 12. The molecule has 46 heavy (non-hydrogen) atoms. The van der Waals surface area contributed by atoms with E-state index in [0.717, 1.165) is 68.4 Å². The van der Waals surface area contributed by atoms with Crippen molar-refractivity contribution in [1.29, 1.82) is 0 Å². The van der Waals surface area contributed by atoms with Crippen LogP contribution in [0, 0.1) is 0 Å². The van der Waals surface area contributed by atoms with Crippen LogP contribution in [0.1, 0.15) is 66.8 Å². The number of phenols is 1. The van der Waals surface area contributed by atoms with E-state index >= 15 is 0 Å². The van der Waals surface area contributed by atoms with E-state index in [1.807, 2.05) is 41.2 Å². The number of nitrogens with two attached hydrogens (primary N) is 1. The van der Waals surface area contributed by atoms with Crippen LogP contribution in [0.3, 0.4) is 0 Å². The number of ether oxygens (including phenoxy) is 1. The Hall–Kier alpha value is -4.32. The predicted octanol–water partition coefficient (Wildman–Crippen LogP) is 4.37. The molecule has 2 aromatic carbocycles. The molecule has 0 aliphatic heterocycles. The largest absolute Gasteiger partial charge is 0.508 e. The van der Waals surface area contributed by atoms with Crippen molar-refractivity contribution < 1.29 is 14.9 Å². The molecule has 1 unspecified atom stereocenters. The molecule has 11 nitrogen and oxygen atoms in total. The molecule has 3 heterocycles. The number of aromatic amines is 1.